The normalized spacial score (nSPS) is 11.8. The van der Waals surface area contributed by atoms with Crippen molar-refractivity contribution in [1.82, 2.24) is 0 Å². The average molecular weight is 410 g/mol. The monoisotopic (exact) mass is 410 g/mol. The fourth-order valence-corrected chi connectivity index (χ4v) is 3.05. The molecule has 0 saturated heterocycles. The lowest BCUT2D eigenvalue weighted by molar-refractivity contribution is 0.102. The molecule has 0 heterocycles. The fraction of sp³-hybridized carbons (Fsp3) is 0.316. The molecule has 2 aromatic carbocycles. The maximum atomic E-state index is 13.2. The lowest BCUT2D eigenvalue weighted by atomic mass is 9.86. The molecule has 0 bridgehead atoms. The molecule has 0 aromatic heterocycles. The number of nitrogens with one attached hydrogen (secondary N) is 2. The van der Waals surface area contributed by atoms with E-state index >= 15 is 0 Å². The third kappa shape index (κ3) is 5.13. The summed E-state index contributed by atoms with van der Waals surface area (Å²) in [6.07, 6.45) is 1.01. The molecular formula is C19H23FN2O5S. The highest BCUT2D eigenvalue weighted by atomic mass is 32.2. The molecule has 0 aliphatic carbocycles. The summed E-state index contributed by atoms with van der Waals surface area (Å²) in [4.78, 5) is 12.6. The molecule has 3 N–H and O–H groups in total. The van der Waals surface area contributed by atoms with Crippen LogP contribution < -0.4 is 14.8 Å². The second-order valence-corrected chi connectivity index (χ2v) is 9.10. The Morgan fingerprint density at radius 2 is 1.75 bits per heavy atom. The van der Waals surface area contributed by atoms with Crippen LogP contribution in [0.1, 0.15) is 36.7 Å². The van der Waals surface area contributed by atoms with Gasteiger partial charge >= 0.3 is 0 Å². The molecule has 2 aromatic rings. The number of halogens is 1. The van der Waals surface area contributed by atoms with Crippen molar-refractivity contribution in [2.75, 3.05) is 23.4 Å². The van der Waals surface area contributed by atoms with E-state index in [1.165, 1.54) is 13.2 Å². The predicted octanol–water partition coefficient (Wildman–Crippen LogP) is 3.46. The van der Waals surface area contributed by atoms with Crippen molar-refractivity contribution in [1.29, 1.82) is 0 Å². The molecule has 0 spiro atoms. The first-order valence-electron chi connectivity index (χ1n) is 8.32. The van der Waals surface area contributed by atoms with E-state index in [1.807, 2.05) is 20.8 Å². The zero-order valence-electron chi connectivity index (χ0n) is 16.3. The van der Waals surface area contributed by atoms with E-state index in [0.717, 1.165) is 24.0 Å². The fourth-order valence-electron chi connectivity index (χ4n) is 2.50. The van der Waals surface area contributed by atoms with Gasteiger partial charge in [-0.3, -0.25) is 9.52 Å². The van der Waals surface area contributed by atoms with Crippen LogP contribution in [-0.2, 0) is 15.4 Å². The highest BCUT2D eigenvalue weighted by molar-refractivity contribution is 7.92. The van der Waals surface area contributed by atoms with Crippen LogP contribution in [0.3, 0.4) is 0 Å². The lowest BCUT2D eigenvalue weighted by Gasteiger charge is -2.24. The minimum Gasteiger partial charge on any atom is -0.505 e. The van der Waals surface area contributed by atoms with E-state index in [2.05, 4.69) is 10.0 Å². The van der Waals surface area contributed by atoms with Crippen LogP contribution in [0.5, 0.6) is 11.5 Å². The predicted molar refractivity (Wildman–Crippen MR) is 106 cm³/mol. The summed E-state index contributed by atoms with van der Waals surface area (Å²) in [5, 5.41) is 12.1. The van der Waals surface area contributed by atoms with Crippen LogP contribution in [0.2, 0.25) is 0 Å². The first-order valence-corrected chi connectivity index (χ1v) is 10.2. The van der Waals surface area contributed by atoms with E-state index in [-0.39, 0.29) is 28.1 Å². The number of anilines is 2. The minimum atomic E-state index is -3.60. The Morgan fingerprint density at radius 1 is 1.14 bits per heavy atom. The number of rotatable bonds is 5. The zero-order chi connectivity index (χ0) is 21.3. The molecule has 0 aliphatic rings. The Morgan fingerprint density at radius 3 is 2.25 bits per heavy atom. The molecule has 0 atom stereocenters. The first kappa shape index (κ1) is 21.5. The Hall–Kier alpha value is -2.81. The van der Waals surface area contributed by atoms with Gasteiger partial charge in [0.2, 0.25) is 10.0 Å². The van der Waals surface area contributed by atoms with Gasteiger partial charge in [0, 0.05) is 5.56 Å². The molecule has 0 radical (unpaired) electrons. The van der Waals surface area contributed by atoms with Gasteiger partial charge in [0.05, 0.1) is 24.7 Å². The number of aromatic hydroxyl groups is 1. The summed E-state index contributed by atoms with van der Waals surface area (Å²) in [6.45, 7) is 5.80. The number of carbonyl (C=O) groups is 1. The van der Waals surface area contributed by atoms with E-state index < -0.39 is 27.5 Å². The average Bonchev–Trinajstić information content (AvgIpc) is 2.54. The standard InChI is InChI=1S/C19H23FN2O5S/c1-19(2,3)12-9-14(17(27-4)15(10-12)22-28(5,25)26)21-18(24)11-6-7-13(20)16(23)8-11/h6-10,22-23H,1-5H3,(H,21,24). The van der Waals surface area contributed by atoms with Crippen molar-refractivity contribution < 1.29 is 27.4 Å². The number of hydrogen-bond donors (Lipinski definition) is 3. The SMILES string of the molecule is COc1c(NC(=O)c2ccc(F)c(O)c2)cc(C(C)(C)C)cc1NS(C)(=O)=O. The number of phenols is 1. The van der Waals surface area contributed by atoms with E-state index in [9.17, 15) is 22.7 Å². The van der Waals surface area contributed by atoms with Crippen LogP contribution >= 0.6 is 0 Å². The zero-order valence-corrected chi connectivity index (χ0v) is 17.1. The van der Waals surface area contributed by atoms with Crippen molar-refractivity contribution in [3.8, 4) is 11.5 Å². The van der Waals surface area contributed by atoms with Crippen LogP contribution in [0, 0.1) is 5.82 Å². The van der Waals surface area contributed by atoms with Crippen LogP contribution in [-0.4, -0.2) is 32.8 Å². The Bertz CT molecular complexity index is 1010. The molecular weight excluding hydrogens is 387 g/mol. The first-order chi connectivity index (χ1) is 12.8. The third-order valence-electron chi connectivity index (χ3n) is 3.91. The highest BCUT2D eigenvalue weighted by Crippen LogP contribution is 2.39. The number of methoxy groups -OCH3 is 1. The van der Waals surface area contributed by atoms with Crippen LogP contribution in [0.4, 0.5) is 15.8 Å². The number of hydrogen-bond acceptors (Lipinski definition) is 5. The molecule has 1 amide bonds. The quantitative estimate of drug-likeness (QED) is 0.700. The van der Waals surface area contributed by atoms with Gasteiger partial charge in [-0.25, -0.2) is 12.8 Å². The number of ether oxygens (including phenoxy) is 1. The maximum Gasteiger partial charge on any atom is 0.255 e. The summed E-state index contributed by atoms with van der Waals surface area (Å²) in [5.74, 6) is -1.99. The van der Waals surface area contributed by atoms with E-state index in [1.54, 1.807) is 12.1 Å². The smallest absolute Gasteiger partial charge is 0.255 e. The third-order valence-corrected chi connectivity index (χ3v) is 4.50. The molecule has 0 saturated carbocycles. The minimum absolute atomic E-state index is 0.0275. The summed E-state index contributed by atoms with van der Waals surface area (Å²) >= 11 is 0. The lowest BCUT2D eigenvalue weighted by Crippen LogP contribution is -2.18. The molecule has 28 heavy (non-hydrogen) atoms. The second-order valence-electron chi connectivity index (χ2n) is 7.35. The van der Waals surface area contributed by atoms with Crippen LogP contribution in [0.25, 0.3) is 0 Å². The molecule has 0 fully saturated rings. The Balaban J connectivity index is 2.55. The number of sulfonamides is 1. The van der Waals surface area contributed by atoms with Crippen molar-refractivity contribution in [3.05, 3.63) is 47.3 Å². The van der Waals surface area contributed by atoms with Crippen molar-refractivity contribution in [3.63, 3.8) is 0 Å². The van der Waals surface area contributed by atoms with Gasteiger partial charge in [-0.2, -0.15) is 0 Å². The van der Waals surface area contributed by atoms with Gasteiger partial charge < -0.3 is 15.2 Å². The molecule has 0 unspecified atom stereocenters. The topological polar surface area (TPSA) is 105 Å². The summed E-state index contributed by atoms with van der Waals surface area (Å²) in [6, 6.07) is 6.51. The molecule has 9 heteroatoms. The molecule has 152 valence electrons. The Kier molecular flexibility index (Phi) is 5.88. The largest absolute Gasteiger partial charge is 0.505 e. The number of benzene rings is 2. The van der Waals surface area contributed by atoms with E-state index in [0.29, 0.717) is 0 Å². The summed E-state index contributed by atoms with van der Waals surface area (Å²) in [7, 11) is -2.25. The van der Waals surface area contributed by atoms with Crippen molar-refractivity contribution in [2.24, 2.45) is 0 Å². The van der Waals surface area contributed by atoms with Crippen LogP contribution in [0.15, 0.2) is 30.3 Å². The molecule has 2 rings (SSSR count). The number of carbonyl (C=O) groups excluding carboxylic acids is 1. The van der Waals surface area contributed by atoms with Gasteiger partial charge in [-0.1, -0.05) is 20.8 Å². The maximum absolute atomic E-state index is 13.2. The molecule has 7 nitrogen and oxygen atoms in total. The van der Waals surface area contributed by atoms with Crippen molar-refractivity contribution in [2.45, 2.75) is 26.2 Å². The number of phenolic OH excluding ortho intramolecular Hbond substituents is 1. The van der Waals surface area contributed by atoms with Crippen molar-refractivity contribution >= 4 is 27.3 Å². The number of amides is 1. The van der Waals surface area contributed by atoms with Gasteiger partial charge in [0.15, 0.2) is 17.3 Å². The van der Waals surface area contributed by atoms with Gasteiger partial charge in [-0.05, 0) is 41.3 Å². The summed E-state index contributed by atoms with van der Waals surface area (Å²) in [5.41, 5.74) is 0.828. The van der Waals surface area contributed by atoms with Gasteiger partial charge in [0.1, 0.15) is 0 Å². The van der Waals surface area contributed by atoms with Gasteiger partial charge in [-0.15, -0.1) is 0 Å². The highest BCUT2D eigenvalue weighted by Gasteiger charge is 2.22. The van der Waals surface area contributed by atoms with E-state index in [4.69, 9.17) is 4.74 Å². The van der Waals surface area contributed by atoms with Gasteiger partial charge in [0.25, 0.3) is 5.91 Å². The second kappa shape index (κ2) is 7.67. The Labute approximate surface area is 163 Å². The molecule has 0 aliphatic heterocycles. The summed E-state index contributed by atoms with van der Waals surface area (Å²) < 4.78 is 44.4.